The van der Waals surface area contributed by atoms with Gasteiger partial charge in [0.2, 0.25) is 0 Å². The van der Waals surface area contributed by atoms with Crippen molar-refractivity contribution in [2.45, 2.75) is 18.8 Å². The molecule has 1 fully saturated rings. The minimum atomic E-state index is -0.0557. The minimum absolute atomic E-state index is 0.0557. The Bertz CT molecular complexity index is 889. The number of pyridine rings is 1. The van der Waals surface area contributed by atoms with Crippen LogP contribution in [0.4, 0.5) is 5.69 Å². The average molecular weight is 348 g/mol. The van der Waals surface area contributed by atoms with Gasteiger partial charge in [-0.15, -0.1) is 0 Å². The number of aromatic nitrogens is 2. The van der Waals surface area contributed by atoms with Gasteiger partial charge in [-0.1, -0.05) is 18.2 Å². The highest BCUT2D eigenvalue weighted by Crippen LogP contribution is 2.31. The average Bonchev–Trinajstić information content (AvgIpc) is 3.12. The van der Waals surface area contributed by atoms with Crippen LogP contribution in [0.1, 0.15) is 34.9 Å². The highest BCUT2D eigenvalue weighted by atomic mass is 16.2. The first-order chi connectivity index (χ1) is 12.6. The number of nitrogens with zero attached hydrogens (tertiary/aromatic N) is 3. The molecule has 4 rings (SSSR count). The largest absolute Gasteiger partial charge is 0.371 e. The molecule has 0 atom stereocenters. The molecule has 0 unspecified atom stereocenters. The van der Waals surface area contributed by atoms with E-state index in [1.54, 1.807) is 25.2 Å². The summed E-state index contributed by atoms with van der Waals surface area (Å²) in [5, 5.41) is 1.28. The van der Waals surface area contributed by atoms with Crippen molar-refractivity contribution >= 4 is 22.5 Å². The van der Waals surface area contributed by atoms with Crippen molar-refractivity contribution in [1.29, 1.82) is 0 Å². The lowest BCUT2D eigenvalue weighted by Crippen LogP contribution is -2.33. The van der Waals surface area contributed by atoms with Crippen molar-refractivity contribution in [3.8, 4) is 0 Å². The van der Waals surface area contributed by atoms with E-state index in [9.17, 15) is 4.79 Å². The number of amides is 1. The van der Waals surface area contributed by atoms with Gasteiger partial charge < -0.3 is 14.8 Å². The predicted molar refractivity (Wildman–Crippen MR) is 105 cm³/mol. The standard InChI is InChI=1S/C21H24N4O/c1-24(2)21(26)20-14-17(7-10-22-20)25-11-8-15(9-12-25)19-13-16-5-3-4-6-18(16)23-19/h3-7,10,13-15,23H,8-9,11-12H2,1-2H3. The number of aromatic amines is 1. The molecule has 3 aromatic rings. The molecule has 3 heterocycles. The SMILES string of the molecule is CN(C)C(=O)c1cc(N2CCC(c3cc4ccccc4[nH]3)CC2)ccn1. The third-order valence-corrected chi connectivity index (χ3v) is 5.22. The molecule has 134 valence electrons. The fourth-order valence-electron chi connectivity index (χ4n) is 3.73. The molecule has 0 radical (unpaired) electrons. The number of fused-ring (bicyclic) bond motifs is 1. The van der Waals surface area contributed by atoms with Crippen molar-refractivity contribution in [2.75, 3.05) is 32.1 Å². The second-order valence-corrected chi connectivity index (χ2v) is 7.17. The molecule has 1 N–H and O–H groups in total. The van der Waals surface area contributed by atoms with Crippen molar-refractivity contribution in [3.05, 3.63) is 60.0 Å². The first-order valence-electron chi connectivity index (χ1n) is 9.12. The normalized spacial score (nSPS) is 15.4. The van der Waals surface area contributed by atoms with Crippen LogP contribution in [-0.2, 0) is 0 Å². The molecule has 5 nitrogen and oxygen atoms in total. The lowest BCUT2D eigenvalue weighted by molar-refractivity contribution is 0.0822. The molecule has 1 amide bonds. The van der Waals surface area contributed by atoms with E-state index in [-0.39, 0.29) is 5.91 Å². The summed E-state index contributed by atoms with van der Waals surface area (Å²) in [6.07, 6.45) is 3.94. The Hall–Kier alpha value is -2.82. The molecule has 0 saturated carbocycles. The number of rotatable bonds is 3. The van der Waals surface area contributed by atoms with Gasteiger partial charge in [-0.25, -0.2) is 0 Å². The number of H-pyrrole nitrogens is 1. The molecular weight excluding hydrogens is 324 g/mol. The molecule has 0 aliphatic carbocycles. The highest BCUT2D eigenvalue weighted by Gasteiger charge is 2.23. The van der Waals surface area contributed by atoms with Gasteiger partial charge in [-0.05, 0) is 42.5 Å². The molecule has 1 saturated heterocycles. The van der Waals surface area contributed by atoms with Crippen LogP contribution in [0.5, 0.6) is 0 Å². The monoisotopic (exact) mass is 348 g/mol. The Morgan fingerprint density at radius 1 is 1.15 bits per heavy atom. The quantitative estimate of drug-likeness (QED) is 0.786. The zero-order valence-electron chi connectivity index (χ0n) is 15.3. The second-order valence-electron chi connectivity index (χ2n) is 7.17. The molecule has 1 aliphatic rings. The van der Waals surface area contributed by atoms with Crippen molar-refractivity contribution in [3.63, 3.8) is 0 Å². The molecule has 5 heteroatoms. The molecule has 0 spiro atoms. The molecule has 0 bridgehead atoms. The third-order valence-electron chi connectivity index (χ3n) is 5.22. The van der Waals surface area contributed by atoms with Gasteiger partial charge in [0.25, 0.3) is 5.91 Å². The highest BCUT2D eigenvalue weighted by molar-refractivity contribution is 5.92. The Kier molecular flexibility index (Phi) is 4.37. The summed E-state index contributed by atoms with van der Waals surface area (Å²) in [6, 6.07) is 14.6. The summed E-state index contributed by atoms with van der Waals surface area (Å²) in [5.74, 6) is 0.503. The van der Waals surface area contributed by atoms with Gasteiger partial charge in [-0.3, -0.25) is 9.78 Å². The first-order valence-corrected chi connectivity index (χ1v) is 9.12. The fourth-order valence-corrected chi connectivity index (χ4v) is 3.73. The molecule has 1 aromatic carbocycles. The lowest BCUT2D eigenvalue weighted by Gasteiger charge is -2.33. The third kappa shape index (κ3) is 3.17. The van der Waals surface area contributed by atoms with Crippen LogP contribution in [0.15, 0.2) is 48.7 Å². The van der Waals surface area contributed by atoms with E-state index in [0.717, 1.165) is 31.6 Å². The number of hydrogen-bond donors (Lipinski definition) is 1. The van der Waals surface area contributed by atoms with Crippen LogP contribution >= 0.6 is 0 Å². The topological polar surface area (TPSA) is 52.2 Å². The Morgan fingerprint density at radius 2 is 1.92 bits per heavy atom. The molecule has 26 heavy (non-hydrogen) atoms. The Labute approximate surface area is 153 Å². The number of anilines is 1. The van der Waals surface area contributed by atoms with E-state index >= 15 is 0 Å². The number of para-hydroxylation sites is 1. The van der Waals surface area contributed by atoms with Crippen LogP contribution in [0.3, 0.4) is 0 Å². The number of benzene rings is 1. The van der Waals surface area contributed by atoms with E-state index in [1.807, 2.05) is 12.1 Å². The van der Waals surface area contributed by atoms with Gasteiger partial charge in [-0.2, -0.15) is 0 Å². The maximum atomic E-state index is 12.1. The predicted octanol–water partition coefficient (Wildman–Crippen LogP) is 3.65. The summed E-state index contributed by atoms with van der Waals surface area (Å²) in [6.45, 7) is 1.97. The van der Waals surface area contributed by atoms with Gasteiger partial charge >= 0.3 is 0 Å². The van der Waals surface area contributed by atoms with Crippen LogP contribution in [-0.4, -0.2) is 48.0 Å². The Morgan fingerprint density at radius 3 is 2.65 bits per heavy atom. The first kappa shape index (κ1) is 16.6. The summed E-state index contributed by atoms with van der Waals surface area (Å²) in [4.78, 5) is 23.9. The summed E-state index contributed by atoms with van der Waals surface area (Å²) < 4.78 is 0. The van der Waals surface area contributed by atoms with Gasteiger partial charge in [0.1, 0.15) is 5.69 Å². The van der Waals surface area contributed by atoms with Crippen LogP contribution in [0.2, 0.25) is 0 Å². The van der Waals surface area contributed by atoms with Gasteiger partial charge in [0, 0.05) is 56.2 Å². The lowest BCUT2D eigenvalue weighted by atomic mass is 9.93. The summed E-state index contributed by atoms with van der Waals surface area (Å²) in [5.41, 5.74) is 4.14. The van der Waals surface area contributed by atoms with E-state index in [0.29, 0.717) is 11.6 Å². The van der Waals surface area contributed by atoms with Crippen LogP contribution in [0, 0.1) is 0 Å². The number of hydrogen-bond acceptors (Lipinski definition) is 3. The van der Waals surface area contributed by atoms with Gasteiger partial charge in [0.05, 0.1) is 0 Å². The Balaban J connectivity index is 1.46. The maximum absolute atomic E-state index is 12.1. The van der Waals surface area contributed by atoms with Crippen molar-refractivity contribution < 1.29 is 4.79 Å². The van der Waals surface area contributed by atoms with Crippen LogP contribution < -0.4 is 4.90 Å². The molecular formula is C21H24N4O. The number of nitrogens with one attached hydrogen (secondary N) is 1. The van der Waals surface area contributed by atoms with Crippen molar-refractivity contribution in [2.24, 2.45) is 0 Å². The number of piperidine rings is 1. The van der Waals surface area contributed by atoms with Crippen LogP contribution in [0.25, 0.3) is 10.9 Å². The summed E-state index contributed by atoms with van der Waals surface area (Å²) >= 11 is 0. The second kappa shape index (κ2) is 6.83. The molecule has 1 aliphatic heterocycles. The van der Waals surface area contributed by atoms with E-state index in [1.165, 1.54) is 16.6 Å². The zero-order chi connectivity index (χ0) is 18.1. The summed E-state index contributed by atoms with van der Waals surface area (Å²) in [7, 11) is 3.50. The fraction of sp³-hybridized carbons (Fsp3) is 0.333. The number of carbonyl (C=O) groups is 1. The minimum Gasteiger partial charge on any atom is -0.371 e. The number of carbonyl (C=O) groups excluding carboxylic acids is 1. The van der Waals surface area contributed by atoms with Gasteiger partial charge in [0.15, 0.2) is 0 Å². The maximum Gasteiger partial charge on any atom is 0.272 e. The van der Waals surface area contributed by atoms with E-state index in [4.69, 9.17) is 0 Å². The molecule has 2 aromatic heterocycles. The van der Waals surface area contributed by atoms with E-state index in [2.05, 4.69) is 45.2 Å². The van der Waals surface area contributed by atoms with Crippen molar-refractivity contribution in [1.82, 2.24) is 14.9 Å². The zero-order valence-corrected chi connectivity index (χ0v) is 15.3. The van der Waals surface area contributed by atoms with E-state index < -0.39 is 0 Å². The smallest absolute Gasteiger partial charge is 0.272 e.